The molecule has 1 amide bonds. The summed E-state index contributed by atoms with van der Waals surface area (Å²) < 4.78 is 6.15. The summed E-state index contributed by atoms with van der Waals surface area (Å²) in [5.74, 6) is 0. The van der Waals surface area contributed by atoms with Crippen LogP contribution < -0.4 is 0 Å². The molecule has 6 heteroatoms. The van der Waals surface area contributed by atoms with Crippen LogP contribution in [0.3, 0.4) is 0 Å². The van der Waals surface area contributed by atoms with Crippen LogP contribution in [0.15, 0.2) is 30.3 Å². The highest BCUT2D eigenvalue weighted by molar-refractivity contribution is 6.74. The summed E-state index contributed by atoms with van der Waals surface area (Å²) in [7, 11) is -2.17. The zero-order chi connectivity index (χ0) is 18.5. The summed E-state index contributed by atoms with van der Waals surface area (Å²) in [5.41, 5.74) is 0.885. The second-order valence-electron chi connectivity index (χ2n) is 7.56. The molecule has 0 aromatic heterocycles. The van der Waals surface area contributed by atoms with Gasteiger partial charge in [-0.25, -0.2) is 4.79 Å². The normalized spacial score (nSPS) is 14.5. The van der Waals surface area contributed by atoms with Crippen molar-refractivity contribution in [2.24, 2.45) is 0 Å². The molecule has 0 saturated heterocycles. The maximum atomic E-state index is 11.7. The molecule has 0 radical (unpaired) electrons. The van der Waals surface area contributed by atoms with Crippen LogP contribution in [0.25, 0.3) is 0 Å². The zero-order valence-electron chi connectivity index (χ0n) is 15.4. The minimum absolute atomic E-state index is 0.0463. The molecule has 0 unspecified atom stereocenters. The lowest BCUT2D eigenvalue weighted by Crippen LogP contribution is -2.51. The fourth-order valence-corrected chi connectivity index (χ4v) is 3.29. The molecule has 0 aliphatic rings. The Kier molecular flexibility index (Phi) is 6.58. The lowest BCUT2D eigenvalue weighted by molar-refractivity contribution is 0.0809. The SMILES string of the molecule is C[C@@H]([C@@H](C#N)O[Si](C)(C)C(C)(C)C)N(Cc1ccccc1)C(=O)O. The van der Waals surface area contributed by atoms with Crippen molar-refractivity contribution in [3.8, 4) is 6.07 Å². The van der Waals surface area contributed by atoms with Crippen LogP contribution in [-0.2, 0) is 11.0 Å². The fraction of sp³-hybridized carbons (Fsp3) is 0.556. The molecule has 1 aromatic rings. The number of hydrogen-bond donors (Lipinski definition) is 1. The van der Waals surface area contributed by atoms with E-state index >= 15 is 0 Å². The van der Waals surface area contributed by atoms with E-state index in [-0.39, 0.29) is 11.6 Å². The van der Waals surface area contributed by atoms with Crippen molar-refractivity contribution in [2.75, 3.05) is 0 Å². The third-order valence-electron chi connectivity index (χ3n) is 4.73. The molecule has 1 N–H and O–H groups in total. The van der Waals surface area contributed by atoms with Gasteiger partial charge in [-0.3, -0.25) is 4.90 Å². The topological polar surface area (TPSA) is 73.6 Å². The van der Waals surface area contributed by atoms with E-state index in [1.807, 2.05) is 30.3 Å². The van der Waals surface area contributed by atoms with Gasteiger partial charge in [-0.05, 0) is 30.6 Å². The molecular weight excluding hydrogens is 320 g/mol. The van der Waals surface area contributed by atoms with Gasteiger partial charge in [0.25, 0.3) is 0 Å². The molecule has 0 heterocycles. The number of nitrogens with zero attached hydrogens (tertiary/aromatic N) is 2. The molecule has 0 spiro atoms. The molecule has 0 aliphatic heterocycles. The summed E-state index contributed by atoms with van der Waals surface area (Å²) in [6.45, 7) is 12.4. The van der Waals surface area contributed by atoms with E-state index in [0.717, 1.165) is 5.56 Å². The largest absolute Gasteiger partial charge is 0.465 e. The molecule has 0 saturated carbocycles. The summed E-state index contributed by atoms with van der Waals surface area (Å²) in [4.78, 5) is 13.0. The number of carboxylic acid groups (broad SMARTS) is 1. The van der Waals surface area contributed by atoms with Crippen molar-refractivity contribution in [3.63, 3.8) is 0 Å². The molecule has 0 bridgehead atoms. The highest BCUT2D eigenvalue weighted by Crippen LogP contribution is 2.37. The molecule has 1 rings (SSSR count). The van der Waals surface area contributed by atoms with E-state index in [2.05, 4.69) is 39.9 Å². The van der Waals surface area contributed by atoms with Crippen LogP contribution in [0.5, 0.6) is 0 Å². The van der Waals surface area contributed by atoms with Gasteiger partial charge in [-0.2, -0.15) is 5.26 Å². The van der Waals surface area contributed by atoms with Gasteiger partial charge in [0.1, 0.15) is 0 Å². The van der Waals surface area contributed by atoms with Crippen molar-refractivity contribution in [1.82, 2.24) is 4.90 Å². The van der Waals surface area contributed by atoms with Gasteiger partial charge in [-0.1, -0.05) is 51.1 Å². The summed E-state index contributed by atoms with van der Waals surface area (Å²) >= 11 is 0. The average molecular weight is 349 g/mol. The van der Waals surface area contributed by atoms with Crippen molar-refractivity contribution < 1.29 is 14.3 Å². The van der Waals surface area contributed by atoms with Crippen molar-refractivity contribution in [2.45, 2.75) is 64.5 Å². The third-order valence-corrected chi connectivity index (χ3v) is 9.18. The Morgan fingerprint density at radius 1 is 1.33 bits per heavy atom. The van der Waals surface area contributed by atoms with Crippen LogP contribution in [-0.4, -0.2) is 36.6 Å². The lowest BCUT2D eigenvalue weighted by atomic mass is 10.1. The Labute approximate surface area is 146 Å². The highest BCUT2D eigenvalue weighted by atomic mass is 28.4. The lowest BCUT2D eigenvalue weighted by Gasteiger charge is -2.40. The number of carbonyl (C=O) groups is 1. The second-order valence-corrected chi connectivity index (χ2v) is 12.3. The van der Waals surface area contributed by atoms with Crippen LogP contribution >= 0.6 is 0 Å². The van der Waals surface area contributed by atoms with Gasteiger partial charge in [-0.15, -0.1) is 0 Å². The molecular formula is C18H28N2O3Si. The number of rotatable bonds is 6. The minimum Gasteiger partial charge on any atom is -0.465 e. The van der Waals surface area contributed by atoms with Gasteiger partial charge >= 0.3 is 6.09 Å². The van der Waals surface area contributed by atoms with Gasteiger partial charge in [0.15, 0.2) is 14.4 Å². The molecule has 1 aromatic carbocycles. The third kappa shape index (κ3) is 5.08. The predicted octanol–water partition coefficient (Wildman–Crippen LogP) is 4.47. The maximum absolute atomic E-state index is 11.7. The van der Waals surface area contributed by atoms with E-state index in [4.69, 9.17) is 4.43 Å². The van der Waals surface area contributed by atoms with Crippen molar-refractivity contribution in [3.05, 3.63) is 35.9 Å². The standard InChI is InChI=1S/C18H28N2O3Si/c1-14(16(12-19)23-24(5,6)18(2,3)4)20(17(21)22)13-15-10-8-7-9-11-15/h7-11,14,16H,13H2,1-6H3,(H,21,22)/t14-,16+/m0/s1. The van der Waals surface area contributed by atoms with E-state index in [9.17, 15) is 15.2 Å². The first-order valence-electron chi connectivity index (χ1n) is 8.10. The first-order valence-corrected chi connectivity index (χ1v) is 11.0. The quantitative estimate of drug-likeness (QED) is 0.770. The summed E-state index contributed by atoms with van der Waals surface area (Å²) in [6.07, 6.45) is -1.84. The smallest absolute Gasteiger partial charge is 0.407 e. The predicted molar refractivity (Wildman–Crippen MR) is 97.2 cm³/mol. The Hall–Kier alpha value is -1.84. The van der Waals surface area contributed by atoms with Crippen LogP contribution in [0.2, 0.25) is 18.1 Å². The Balaban J connectivity index is 2.97. The molecule has 132 valence electrons. The van der Waals surface area contributed by atoms with Crippen LogP contribution in [0, 0.1) is 11.3 Å². The first-order chi connectivity index (χ1) is 11.0. The Bertz CT molecular complexity index is 591. The minimum atomic E-state index is -2.17. The molecule has 2 atom stereocenters. The molecule has 0 fully saturated rings. The molecule has 24 heavy (non-hydrogen) atoms. The van der Waals surface area contributed by atoms with Crippen molar-refractivity contribution in [1.29, 1.82) is 5.26 Å². The van der Waals surface area contributed by atoms with E-state index in [1.54, 1.807) is 6.92 Å². The summed E-state index contributed by atoms with van der Waals surface area (Å²) in [5, 5.41) is 19.1. The number of benzene rings is 1. The Morgan fingerprint density at radius 3 is 2.29 bits per heavy atom. The van der Waals surface area contributed by atoms with E-state index in [0.29, 0.717) is 0 Å². The van der Waals surface area contributed by atoms with Gasteiger partial charge in [0.05, 0.1) is 12.1 Å². The highest BCUT2D eigenvalue weighted by Gasteiger charge is 2.41. The Morgan fingerprint density at radius 2 is 1.88 bits per heavy atom. The van der Waals surface area contributed by atoms with Crippen LogP contribution in [0.4, 0.5) is 4.79 Å². The average Bonchev–Trinajstić information content (AvgIpc) is 2.49. The van der Waals surface area contributed by atoms with Crippen LogP contribution in [0.1, 0.15) is 33.3 Å². The molecule has 0 aliphatic carbocycles. The van der Waals surface area contributed by atoms with E-state index < -0.39 is 26.6 Å². The monoisotopic (exact) mass is 348 g/mol. The van der Waals surface area contributed by atoms with Gasteiger partial charge in [0.2, 0.25) is 0 Å². The first kappa shape index (κ1) is 20.2. The fourth-order valence-electron chi connectivity index (χ4n) is 2.06. The number of amides is 1. The van der Waals surface area contributed by atoms with Gasteiger partial charge in [0, 0.05) is 6.54 Å². The summed E-state index contributed by atoms with van der Waals surface area (Å²) in [6, 6.07) is 11.0. The van der Waals surface area contributed by atoms with Crippen molar-refractivity contribution >= 4 is 14.4 Å². The van der Waals surface area contributed by atoms with Gasteiger partial charge < -0.3 is 9.53 Å². The zero-order valence-corrected chi connectivity index (χ0v) is 16.4. The maximum Gasteiger partial charge on any atom is 0.407 e. The number of nitriles is 1. The number of hydrogen-bond acceptors (Lipinski definition) is 3. The van der Waals surface area contributed by atoms with E-state index in [1.165, 1.54) is 4.90 Å². The second kappa shape index (κ2) is 7.82. The molecule has 5 nitrogen and oxygen atoms in total.